The highest BCUT2D eigenvalue weighted by Crippen LogP contribution is 2.39. The summed E-state index contributed by atoms with van der Waals surface area (Å²) in [5.74, 6) is -1.41. The molecule has 122 valence electrons. The summed E-state index contributed by atoms with van der Waals surface area (Å²) in [6.45, 7) is 0. The highest BCUT2D eigenvalue weighted by Gasteiger charge is 2.32. The second-order valence-corrected chi connectivity index (χ2v) is 7.31. The Morgan fingerprint density at radius 2 is 1.61 bits per heavy atom. The molecule has 0 fully saturated rings. The molecule has 0 saturated heterocycles. The van der Waals surface area contributed by atoms with Crippen molar-refractivity contribution in [3.8, 4) is 0 Å². The van der Waals surface area contributed by atoms with Gasteiger partial charge in [0.05, 0.1) is 5.92 Å². The van der Waals surface area contributed by atoms with Gasteiger partial charge in [-0.05, 0) is 35.7 Å². The minimum Gasteiger partial charge on any atom is -0.369 e. The van der Waals surface area contributed by atoms with Crippen molar-refractivity contribution in [1.82, 2.24) is 0 Å². The van der Waals surface area contributed by atoms with Crippen molar-refractivity contribution in [1.29, 1.82) is 0 Å². The van der Waals surface area contributed by atoms with Crippen LogP contribution in [0.5, 0.6) is 0 Å². The van der Waals surface area contributed by atoms with Crippen molar-refractivity contribution in [3.05, 3.63) is 69.7 Å². The molecule has 2 unspecified atom stereocenters. The van der Waals surface area contributed by atoms with Crippen LogP contribution in [-0.2, 0) is 4.79 Å². The zero-order valence-corrected chi connectivity index (χ0v) is 15.1. The largest absolute Gasteiger partial charge is 0.369 e. The maximum absolute atomic E-state index is 12.0. The first kappa shape index (κ1) is 18.4. The van der Waals surface area contributed by atoms with Crippen molar-refractivity contribution >= 4 is 52.3 Å². The molecule has 0 spiro atoms. The lowest BCUT2D eigenvalue weighted by Crippen LogP contribution is -2.31. The molecule has 2 aromatic carbocycles. The van der Waals surface area contributed by atoms with Crippen LogP contribution in [0.15, 0.2) is 48.5 Å². The summed E-state index contributed by atoms with van der Waals surface area (Å²) in [4.78, 5) is 11.3. The molecule has 0 radical (unpaired) electrons. The molecule has 0 aliphatic rings. The first-order valence-corrected chi connectivity index (χ1v) is 8.60. The van der Waals surface area contributed by atoms with Gasteiger partial charge in [0, 0.05) is 16.0 Å². The van der Waals surface area contributed by atoms with E-state index < -0.39 is 16.7 Å². The van der Waals surface area contributed by atoms with Gasteiger partial charge in [0.2, 0.25) is 5.91 Å². The van der Waals surface area contributed by atoms with Crippen molar-refractivity contribution in [2.24, 2.45) is 11.7 Å². The first-order valence-electron chi connectivity index (χ1n) is 6.97. The number of rotatable bonds is 6. The number of primary amides is 1. The van der Waals surface area contributed by atoms with Gasteiger partial charge in [-0.1, -0.05) is 53.5 Å². The molecule has 23 heavy (non-hydrogen) atoms. The van der Waals surface area contributed by atoms with Crippen LogP contribution in [0.25, 0.3) is 0 Å². The molecule has 0 aliphatic carbocycles. The topological polar surface area (TPSA) is 43.1 Å². The molecule has 6 heteroatoms. The smallest absolute Gasteiger partial charge is 0.221 e. The highest BCUT2D eigenvalue weighted by molar-refractivity contribution is 6.44. The van der Waals surface area contributed by atoms with Gasteiger partial charge in [0.25, 0.3) is 0 Å². The summed E-state index contributed by atoms with van der Waals surface area (Å²) in [5.41, 5.74) is 7.29. The summed E-state index contributed by atoms with van der Waals surface area (Å²) < 4.78 is 0. The monoisotopic (exact) mass is 389 g/mol. The number of nitrogens with two attached hydrogens (primary N) is 1. The lowest BCUT2D eigenvalue weighted by molar-refractivity contribution is -0.122. The lowest BCUT2D eigenvalue weighted by atomic mass is 9.79. The summed E-state index contributed by atoms with van der Waals surface area (Å²) >= 11 is 24.1. The maximum atomic E-state index is 12.0. The molecule has 2 atom stereocenters. The number of benzene rings is 2. The quantitative estimate of drug-likeness (QED) is 0.657. The minimum atomic E-state index is -0.704. The van der Waals surface area contributed by atoms with Gasteiger partial charge in [-0.2, -0.15) is 0 Å². The molecule has 0 aromatic heterocycles. The lowest BCUT2D eigenvalue weighted by Gasteiger charge is -2.27. The van der Waals surface area contributed by atoms with Crippen LogP contribution in [0, 0.1) is 5.92 Å². The number of hydrogen-bond donors (Lipinski definition) is 1. The van der Waals surface area contributed by atoms with Crippen molar-refractivity contribution < 1.29 is 4.79 Å². The van der Waals surface area contributed by atoms with Gasteiger partial charge in [-0.25, -0.2) is 0 Å². The number of alkyl halides is 2. The van der Waals surface area contributed by atoms with Crippen molar-refractivity contribution in [2.75, 3.05) is 0 Å². The molecule has 2 rings (SSSR count). The fourth-order valence-electron chi connectivity index (χ4n) is 2.63. The minimum absolute atomic E-state index is 0.233. The second kappa shape index (κ2) is 8.25. The fraction of sp³-hybridized carbons (Fsp3) is 0.235. The normalized spacial score (nSPS) is 13.8. The van der Waals surface area contributed by atoms with Gasteiger partial charge < -0.3 is 5.73 Å². The summed E-state index contributed by atoms with van der Waals surface area (Å²) in [5, 5.41) is 1.16. The van der Waals surface area contributed by atoms with E-state index in [-0.39, 0.29) is 12.3 Å². The van der Waals surface area contributed by atoms with E-state index in [2.05, 4.69) is 0 Å². The molecule has 2 aromatic rings. The average Bonchev–Trinajstić information content (AvgIpc) is 2.49. The van der Waals surface area contributed by atoms with Gasteiger partial charge in [-0.3, -0.25) is 4.79 Å². The third-order valence-corrected chi connectivity index (χ3v) is 4.62. The van der Waals surface area contributed by atoms with E-state index in [9.17, 15) is 4.79 Å². The zero-order chi connectivity index (χ0) is 17.0. The standard InChI is InChI=1S/C17H15Cl4NO/c18-11-7-5-10(6-8-11)16(12-3-1-2-4-14(12)19)13(17(22)23)9-15(20)21/h1-8,13,15-16H,9H2,(H2,22,23). The summed E-state index contributed by atoms with van der Waals surface area (Å²) in [6, 6.07) is 14.6. The predicted molar refractivity (Wildman–Crippen MR) is 97.5 cm³/mol. The van der Waals surface area contributed by atoms with Crippen LogP contribution in [0.3, 0.4) is 0 Å². The third kappa shape index (κ3) is 4.77. The zero-order valence-electron chi connectivity index (χ0n) is 12.1. The van der Waals surface area contributed by atoms with E-state index in [1.165, 1.54) is 0 Å². The molecule has 0 saturated carbocycles. The van der Waals surface area contributed by atoms with Gasteiger partial charge in [0.1, 0.15) is 4.84 Å². The summed E-state index contributed by atoms with van der Waals surface area (Å²) in [7, 11) is 0. The molecular formula is C17H15Cl4NO. The average molecular weight is 391 g/mol. The Morgan fingerprint density at radius 3 is 2.13 bits per heavy atom. The Kier molecular flexibility index (Phi) is 6.60. The van der Waals surface area contributed by atoms with Crippen LogP contribution < -0.4 is 5.73 Å². The Balaban J connectivity index is 2.56. The molecule has 0 bridgehead atoms. The summed E-state index contributed by atoms with van der Waals surface area (Å²) in [6.07, 6.45) is 0.233. The Bertz CT molecular complexity index is 673. The first-order chi connectivity index (χ1) is 10.9. The van der Waals surface area contributed by atoms with E-state index in [1.807, 2.05) is 30.3 Å². The Labute approximate surface area is 155 Å². The maximum Gasteiger partial charge on any atom is 0.221 e. The SMILES string of the molecule is NC(=O)C(CC(Cl)Cl)C(c1ccc(Cl)cc1)c1ccccc1Cl. The number of halogens is 4. The predicted octanol–water partition coefficient (Wildman–Crippen LogP) is 5.42. The van der Waals surface area contributed by atoms with Crippen LogP contribution in [0.2, 0.25) is 10.0 Å². The van der Waals surface area contributed by atoms with Gasteiger partial charge in [0.15, 0.2) is 0 Å². The van der Waals surface area contributed by atoms with E-state index >= 15 is 0 Å². The molecule has 0 heterocycles. The molecule has 0 aliphatic heterocycles. The van der Waals surface area contributed by atoms with E-state index in [0.717, 1.165) is 11.1 Å². The number of carbonyl (C=O) groups is 1. The van der Waals surface area contributed by atoms with Crippen LogP contribution in [-0.4, -0.2) is 10.7 Å². The molecule has 1 amide bonds. The third-order valence-electron chi connectivity index (χ3n) is 3.67. The molecular weight excluding hydrogens is 376 g/mol. The van der Waals surface area contributed by atoms with E-state index in [4.69, 9.17) is 52.1 Å². The van der Waals surface area contributed by atoms with Gasteiger partial charge >= 0.3 is 0 Å². The number of amides is 1. The van der Waals surface area contributed by atoms with E-state index in [1.54, 1.807) is 18.2 Å². The van der Waals surface area contributed by atoms with Crippen molar-refractivity contribution in [2.45, 2.75) is 17.2 Å². The molecule has 2 nitrogen and oxygen atoms in total. The molecule has 2 N–H and O–H groups in total. The highest BCUT2D eigenvalue weighted by atomic mass is 35.5. The second-order valence-electron chi connectivity index (χ2n) is 5.19. The van der Waals surface area contributed by atoms with Crippen molar-refractivity contribution in [3.63, 3.8) is 0 Å². The van der Waals surface area contributed by atoms with Crippen LogP contribution in [0.4, 0.5) is 0 Å². The number of carbonyl (C=O) groups excluding carboxylic acids is 1. The van der Waals surface area contributed by atoms with E-state index in [0.29, 0.717) is 10.0 Å². The van der Waals surface area contributed by atoms with Gasteiger partial charge in [-0.15, -0.1) is 23.2 Å². The fourth-order valence-corrected chi connectivity index (χ4v) is 3.40. The van der Waals surface area contributed by atoms with Crippen LogP contribution >= 0.6 is 46.4 Å². The Hall–Kier alpha value is -0.930. The van der Waals surface area contributed by atoms with Crippen LogP contribution in [0.1, 0.15) is 23.5 Å². The Morgan fingerprint density at radius 1 is 1.00 bits per heavy atom. The number of hydrogen-bond acceptors (Lipinski definition) is 1.